The molecule has 0 aromatic carbocycles. The van der Waals surface area contributed by atoms with Crippen LogP contribution in [0.5, 0.6) is 0 Å². The zero-order valence-electron chi connectivity index (χ0n) is 8.35. The highest BCUT2D eigenvalue weighted by Crippen LogP contribution is 2.28. The number of anilines is 1. The van der Waals surface area contributed by atoms with Crippen LogP contribution in [0, 0.1) is 0 Å². The molecule has 3 nitrogen and oxygen atoms in total. The summed E-state index contributed by atoms with van der Waals surface area (Å²) < 4.78 is 6.66. The third kappa shape index (κ3) is 1.60. The number of rotatable bonds is 1. The van der Waals surface area contributed by atoms with Gasteiger partial charge in [-0.3, -0.25) is 0 Å². The van der Waals surface area contributed by atoms with Gasteiger partial charge in [-0.1, -0.05) is 0 Å². The molecule has 2 aromatic rings. The Kier molecular flexibility index (Phi) is 2.31. The lowest BCUT2D eigenvalue weighted by Gasteiger charge is -2.28. The molecule has 0 aliphatic carbocycles. The van der Waals surface area contributed by atoms with Crippen LogP contribution < -0.4 is 4.90 Å². The van der Waals surface area contributed by atoms with Crippen molar-refractivity contribution in [1.82, 2.24) is 4.98 Å². The van der Waals surface area contributed by atoms with E-state index >= 15 is 0 Å². The summed E-state index contributed by atoms with van der Waals surface area (Å²) in [5.41, 5.74) is 0. The van der Waals surface area contributed by atoms with Gasteiger partial charge >= 0.3 is 0 Å². The van der Waals surface area contributed by atoms with E-state index in [9.17, 15) is 0 Å². The predicted molar refractivity (Wildman–Crippen MR) is 62.7 cm³/mol. The van der Waals surface area contributed by atoms with E-state index in [4.69, 9.17) is 4.74 Å². The Bertz CT molecular complexity index is 462. The summed E-state index contributed by atoms with van der Waals surface area (Å²) in [6, 6.07) is 4.22. The van der Waals surface area contributed by atoms with Crippen LogP contribution in [0.4, 0.5) is 5.82 Å². The van der Waals surface area contributed by atoms with Crippen molar-refractivity contribution >= 4 is 27.2 Å². The van der Waals surface area contributed by atoms with Gasteiger partial charge in [0.1, 0.15) is 5.82 Å². The molecule has 4 heteroatoms. The number of aromatic nitrogens is 1. The van der Waals surface area contributed by atoms with Gasteiger partial charge in [-0.2, -0.15) is 0 Å². The minimum absolute atomic E-state index is 0.808. The van der Waals surface area contributed by atoms with Crippen molar-refractivity contribution in [2.45, 2.75) is 0 Å². The average Bonchev–Trinajstić information content (AvgIpc) is 2.78. The maximum atomic E-state index is 5.35. The molecule has 0 unspecified atom stereocenters. The molecule has 0 saturated carbocycles. The Balaban J connectivity index is 2.05. The maximum Gasteiger partial charge on any atom is 0.137 e. The Labute approximate surface area is 92.3 Å². The van der Waals surface area contributed by atoms with E-state index in [1.54, 1.807) is 11.3 Å². The lowest BCUT2D eigenvalue weighted by atomic mass is 10.3. The number of hydrogen-bond donors (Lipinski definition) is 0. The third-order valence-electron chi connectivity index (χ3n) is 2.67. The van der Waals surface area contributed by atoms with Gasteiger partial charge in [-0.05, 0) is 17.5 Å². The number of thiophene rings is 1. The molecule has 1 aliphatic heterocycles. The van der Waals surface area contributed by atoms with Crippen LogP contribution in [0.2, 0.25) is 0 Å². The normalized spacial score (nSPS) is 17.2. The molecule has 2 aromatic heterocycles. The molecule has 0 spiro atoms. The van der Waals surface area contributed by atoms with Crippen LogP contribution in [-0.4, -0.2) is 31.3 Å². The number of fused-ring (bicyclic) bond motifs is 1. The largest absolute Gasteiger partial charge is 0.378 e. The van der Waals surface area contributed by atoms with Crippen LogP contribution in [-0.2, 0) is 4.74 Å². The van der Waals surface area contributed by atoms with Gasteiger partial charge < -0.3 is 9.64 Å². The molecule has 0 bridgehead atoms. The summed E-state index contributed by atoms with van der Waals surface area (Å²) >= 11 is 1.77. The fraction of sp³-hybridized carbons (Fsp3) is 0.364. The van der Waals surface area contributed by atoms with Gasteiger partial charge in [0.25, 0.3) is 0 Å². The second-order valence-corrected chi connectivity index (χ2v) is 4.51. The van der Waals surface area contributed by atoms with Crippen molar-refractivity contribution in [2.75, 3.05) is 31.2 Å². The first-order valence-corrected chi connectivity index (χ1v) is 5.98. The Morgan fingerprint density at radius 1 is 1.27 bits per heavy atom. The number of morpholine rings is 1. The molecule has 3 heterocycles. The number of ether oxygens (including phenoxy) is 1. The standard InChI is InChI=1S/C11H12N2OS/c1-3-12-11(9-2-8-15-10(1)9)13-4-6-14-7-5-13/h1-3,8H,4-7H2. The van der Waals surface area contributed by atoms with Crippen LogP contribution >= 0.6 is 11.3 Å². The van der Waals surface area contributed by atoms with Gasteiger partial charge in [-0.25, -0.2) is 4.98 Å². The van der Waals surface area contributed by atoms with Gasteiger partial charge in [0.05, 0.1) is 13.2 Å². The highest BCUT2D eigenvalue weighted by molar-refractivity contribution is 7.17. The van der Waals surface area contributed by atoms with Crippen LogP contribution in [0.25, 0.3) is 10.1 Å². The number of pyridine rings is 1. The molecule has 1 fully saturated rings. The molecule has 0 N–H and O–H groups in total. The van der Waals surface area contributed by atoms with Crippen molar-refractivity contribution in [3.63, 3.8) is 0 Å². The quantitative estimate of drug-likeness (QED) is 0.736. The lowest BCUT2D eigenvalue weighted by molar-refractivity contribution is 0.122. The molecule has 78 valence electrons. The van der Waals surface area contributed by atoms with Gasteiger partial charge in [0.2, 0.25) is 0 Å². The minimum atomic E-state index is 0.808. The lowest BCUT2D eigenvalue weighted by Crippen LogP contribution is -2.36. The van der Waals surface area contributed by atoms with Crippen molar-refractivity contribution in [3.8, 4) is 0 Å². The average molecular weight is 220 g/mol. The van der Waals surface area contributed by atoms with Crippen LogP contribution in [0.1, 0.15) is 0 Å². The fourth-order valence-electron chi connectivity index (χ4n) is 1.91. The third-order valence-corrected chi connectivity index (χ3v) is 3.55. The van der Waals surface area contributed by atoms with Crippen molar-refractivity contribution < 1.29 is 4.74 Å². The predicted octanol–water partition coefficient (Wildman–Crippen LogP) is 2.13. The summed E-state index contributed by atoms with van der Waals surface area (Å²) in [7, 11) is 0. The summed E-state index contributed by atoms with van der Waals surface area (Å²) in [5, 5.41) is 3.39. The molecule has 3 rings (SSSR count). The second kappa shape index (κ2) is 3.79. The Morgan fingerprint density at radius 3 is 3.00 bits per heavy atom. The Morgan fingerprint density at radius 2 is 2.13 bits per heavy atom. The molecule has 15 heavy (non-hydrogen) atoms. The first-order valence-electron chi connectivity index (χ1n) is 5.10. The van der Waals surface area contributed by atoms with Crippen molar-refractivity contribution in [1.29, 1.82) is 0 Å². The highest BCUT2D eigenvalue weighted by atomic mass is 32.1. The van der Waals surface area contributed by atoms with E-state index in [0.29, 0.717) is 0 Å². The minimum Gasteiger partial charge on any atom is -0.378 e. The Hall–Kier alpha value is -1.13. The highest BCUT2D eigenvalue weighted by Gasteiger charge is 2.14. The fourth-order valence-corrected chi connectivity index (χ4v) is 2.68. The molecular formula is C11H12N2OS. The topological polar surface area (TPSA) is 25.4 Å². The summed E-state index contributed by atoms with van der Waals surface area (Å²) in [5.74, 6) is 1.11. The first-order chi connectivity index (χ1) is 7.45. The molecule has 0 atom stereocenters. The van der Waals surface area contributed by atoms with E-state index in [1.165, 1.54) is 10.1 Å². The summed E-state index contributed by atoms with van der Waals surface area (Å²) in [4.78, 5) is 6.78. The molecule has 0 amide bonds. The first kappa shape index (κ1) is 9.12. The van der Waals surface area contributed by atoms with Crippen molar-refractivity contribution in [2.24, 2.45) is 0 Å². The van der Waals surface area contributed by atoms with E-state index in [0.717, 1.165) is 32.1 Å². The van der Waals surface area contributed by atoms with Crippen LogP contribution in [0.15, 0.2) is 23.7 Å². The smallest absolute Gasteiger partial charge is 0.137 e. The number of nitrogens with zero attached hydrogens (tertiary/aromatic N) is 2. The zero-order valence-corrected chi connectivity index (χ0v) is 9.17. The molecule has 1 aliphatic rings. The van der Waals surface area contributed by atoms with Gasteiger partial charge in [-0.15, -0.1) is 11.3 Å². The van der Waals surface area contributed by atoms with Gasteiger partial charge in [0.15, 0.2) is 0 Å². The molecule has 1 saturated heterocycles. The van der Waals surface area contributed by atoms with Crippen LogP contribution in [0.3, 0.4) is 0 Å². The van der Waals surface area contributed by atoms with Gasteiger partial charge in [0, 0.05) is 29.4 Å². The van der Waals surface area contributed by atoms with E-state index in [1.807, 2.05) is 6.20 Å². The van der Waals surface area contributed by atoms with E-state index in [2.05, 4.69) is 27.4 Å². The second-order valence-electron chi connectivity index (χ2n) is 3.57. The SMILES string of the molecule is c1cc2sccc2c(N2CCOCC2)n1. The molecule has 0 radical (unpaired) electrons. The zero-order chi connectivity index (χ0) is 10.1. The molecular weight excluding hydrogens is 208 g/mol. The number of hydrogen-bond acceptors (Lipinski definition) is 4. The van der Waals surface area contributed by atoms with Crippen molar-refractivity contribution in [3.05, 3.63) is 23.7 Å². The monoisotopic (exact) mass is 220 g/mol. The van der Waals surface area contributed by atoms with E-state index < -0.39 is 0 Å². The maximum absolute atomic E-state index is 5.35. The summed E-state index contributed by atoms with van der Waals surface area (Å²) in [6.45, 7) is 3.51. The van der Waals surface area contributed by atoms with E-state index in [-0.39, 0.29) is 0 Å². The summed E-state index contributed by atoms with van der Waals surface area (Å²) in [6.07, 6.45) is 1.89.